The number of aryl methyl sites for hydroxylation is 1. The number of imidazole rings is 1. The second-order valence-electron chi connectivity index (χ2n) is 4.70. The fourth-order valence-corrected chi connectivity index (χ4v) is 2.23. The van der Waals surface area contributed by atoms with Crippen molar-refractivity contribution in [3.8, 4) is 5.75 Å². The highest BCUT2D eigenvalue weighted by atomic mass is 16.5. The van der Waals surface area contributed by atoms with Crippen molar-refractivity contribution in [1.29, 1.82) is 5.41 Å². The number of benzene rings is 2. The lowest BCUT2D eigenvalue weighted by atomic mass is 10.2. The van der Waals surface area contributed by atoms with Gasteiger partial charge in [0.15, 0.2) is 0 Å². The summed E-state index contributed by atoms with van der Waals surface area (Å²) in [7, 11) is 3.51. The van der Waals surface area contributed by atoms with Crippen LogP contribution in [0, 0.1) is 5.41 Å². The number of nitrogens with one attached hydrogen (secondary N) is 1. The summed E-state index contributed by atoms with van der Waals surface area (Å²) >= 11 is 0. The van der Waals surface area contributed by atoms with Crippen LogP contribution in [0.15, 0.2) is 53.6 Å². The summed E-state index contributed by atoms with van der Waals surface area (Å²) < 4.78 is 8.56. The van der Waals surface area contributed by atoms with Gasteiger partial charge in [0.1, 0.15) is 5.75 Å². The summed E-state index contributed by atoms with van der Waals surface area (Å²) in [6.07, 6.45) is 1.74. The molecular weight excluding hydrogens is 264 g/mol. The highest BCUT2D eigenvalue weighted by Gasteiger charge is 2.05. The quantitative estimate of drug-likeness (QED) is 0.736. The smallest absolute Gasteiger partial charge is 0.223 e. The maximum atomic E-state index is 8.15. The molecule has 0 amide bonds. The van der Waals surface area contributed by atoms with E-state index in [2.05, 4.69) is 5.10 Å². The highest BCUT2D eigenvalue weighted by Crippen LogP contribution is 2.12. The van der Waals surface area contributed by atoms with E-state index >= 15 is 0 Å². The lowest BCUT2D eigenvalue weighted by molar-refractivity contribution is 0.415. The molecule has 0 aliphatic heterocycles. The van der Waals surface area contributed by atoms with Gasteiger partial charge in [0, 0.05) is 7.05 Å². The zero-order valence-corrected chi connectivity index (χ0v) is 11.9. The minimum absolute atomic E-state index is 0.334. The lowest BCUT2D eigenvalue weighted by Gasteiger charge is -1.99. The van der Waals surface area contributed by atoms with Crippen LogP contribution in [0.2, 0.25) is 0 Å². The highest BCUT2D eigenvalue weighted by molar-refractivity contribution is 5.81. The standard InChI is InChI=1S/C16H16N4O/c1-19-14-5-3-4-6-15(14)20(16(19)17)18-11-12-7-9-13(21-2)10-8-12/h3-11,17H,1-2H3. The van der Waals surface area contributed by atoms with E-state index in [-0.39, 0.29) is 0 Å². The fraction of sp³-hybridized carbons (Fsp3) is 0.125. The first kappa shape index (κ1) is 13.2. The van der Waals surface area contributed by atoms with Gasteiger partial charge >= 0.3 is 0 Å². The number of nitrogens with zero attached hydrogens (tertiary/aromatic N) is 3. The third kappa shape index (κ3) is 2.33. The first-order valence-corrected chi connectivity index (χ1v) is 6.60. The summed E-state index contributed by atoms with van der Waals surface area (Å²) in [6.45, 7) is 0. The van der Waals surface area contributed by atoms with Gasteiger partial charge in [-0.1, -0.05) is 12.1 Å². The summed E-state index contributed by atoms with van der Waals surface area (Å²) in [5, 5.41) is 12.6. The normalized spacial score (nSPS) is 11.3. The van der Waals surface area contributed by atoms with Crippen LogP contribution in [0.25, 0.3) is 11.0 Å². The Labute approximate surface area is 122 Å². The fourth-order valence-electron chi connectivity index (χ4n) is 2.23. The molecule has 1 heterocycles. The molecule has 0 aliphatic carbocycles. The molecule has 0 saturated heterocycles. The van der Waals surface area contributed by atoms with Gasteiger partial charge in [-0.05, 0) is 42.0 Å². The van der Waals surface area contributed by atoms with Gasteiger partial charge in [0.2, 0.25) is 5.62 Å². The van der Waals surface area contributed by atoms with Crippen LogP contribution in [0.5, 0.6) is 5.75 Å². The minimum Gasteiger partial charge on any atom is -0.497 e. The van der Waals surface area contributed by atoms with Crippen LogP contribution in [0.4, 0.5) is 0 Å². The Kier molecular flexibility index (Phi) is 3.31. The van der Waals surface area contributed by atoms with Crippen molar-refractivity contribution in [3.05, 3.63) is 59.7 Å². The monoisotopic (exact) mass is 280 g/mol. The van der Waals surface area contributed by atoms with Crippen molar-refractivity contribution >= 4 is 17.2 Å². The molecule has 3 rings (SSSR count). The van der Waals surface area contributed by atoms with Crippen molar-refractivity contribution in [2.75, 3.05) is 7.11 Å². The zero-order valence-electron chi connectivity index (χ0n) is 11.9. The number of hydrogen-bond acceptors (Lipinski definition) is 3. The zero-order chi connectivity index (χ0) is 14.8. The molecule has 106 valence electrons. The Morgan fingerprint density at radius 3 is 2.38 bits per heavy atom. The molecule has 1 aromatic heterocycles. The average molecular weight is 280 g/mol. The average Bonchev–Trinajstić information content (AvgIpc) is 2.78. The number of para-hydroxylation sites is 2. The second-order valence-corrected chi connectivity index (χ2v) is 4.70. The second kappa shape index (κ2) is 5.28. The maximum absolute atomic E-state index is 8.15. The first-order chi connectivity index (χ1) is 10.2. The molecule has 0 unspecified atom stereocenters. The predicted molar refractivity (Wildman–Crippen MR) is 82.7 cm³/mol. The van der Waals surface area contributed by atoms with Crippen molar-refractivity contribution in [3.63, 3.8) is 0 Å². The first-order valence-electron chi connectivity index (χ1n) is 6.60. The van der Waals surface area contributed by atoms with E-state index in [0.29, 0.717) is 5.62 Å². The van der Waals surface area contributed by atoms with Crippen LogP contribution < -0.4 is 10.4 Å². The molecule has 5 heteroatoms. The molecule has 0 radical (unpaired) electrons. The summed E-state index contributed by atoms with van der Waals surface area (Å²) in [6, 6.07) is 15.5. The summed E-state index contributed by atoms with van der Waals surface area (Å²) in [5.74, 6) is 0.811. The van der Waals surface area contributed by atoms with Gasteiger partial charge in [-0.15, -0.1) is 0 Å². The topological polar surface area (TPSA) is 55.3 Å². The SMILES string of the molecule is COc1ccc(C=Nn2c(=N)n(C)c3ccccc32)cc1. The van der Waals surface area contributed by atoms with E-state index in [1.54, 1.807) is 22.6 Å². The summed E-state index contributed by atoms with van der Waals surface area (Å²) in [5.41, 5.74) is 3.18. The molecule has 0 spiro atoms. The van der Waals surface area contributed by atoms with E-state index in [1.807, 2.05) is 55.6 Å². The van der Waals surface area contributed by atoms with E-state index in [0.717, 1.165) is 22.3 Å². The predicted octanol–water partition coefficient (Wildman–Crippen LogP) is 2.35. The largest absolute Gasteiger partial charge is 0.497 e. The number of methoxy groups -OCH3 is 1. The molecule has 21 heavy (non-hydrogen) atoms. The van der Waals surface area contributed by atoms with Crippen LogP contribution >= 0.6 is 0 Å². The van der Waals surface area contributed by atoms with Crippen molar-refractivity contribution in [2.45, 2.75) is 0 Å². The Morgan fingerprint density at radius 2 is 1.71 bits per heavy atom. The molecular formula is C16H16N4O. The number of aromatic nitrogens is 2. The Balaban J connectivity index is 2.03. The van der Waals surface area contributed by atoms with E-state index in [9.17, 15) is 0 Å². The molecule has 0 aliphatic rings. The van der Waals surface area contributed by atoms with Crippen LogP contribution in [-0.2, 0) is 7.05 Å². The number of fused-ring (bicyclic) bond motifs is 1. The van der Waals surface area contributed by atoms with Gasteiger partial charge in [0.05, 0.1) is 24.4 Å². The lowest BCUT2D eigenvalue weighted by Crippen LogP contribution is -2.19. The van der Waals surface area contributed by atoms with Crippen LogP contribution in [0.3, 0.4) is 0 Å². The molecule has 5 nitrogen and oxygen atoms in total. The van der Waals surface area contributed by atoms with Gasteiger partial charge in [-0.3, -0.25) is 5.41 Å². The van der Waals surface area contributed by atoms with Crippen molar-refractivity contribution in [1.82, 2.24) is 9.24 Å². The van der Waals surface area contributed by atoms with E-state index < -0.39 is 0 Å². The van der Waals surface area contributed by atoms with Crippen molar-refractivity contribution < 1.29 is 4.74 Å². The molecule has 0 saturated carbocycles. The number of rotatable bonds is 3. The summed E-state index contributed by atoms with van der Waals surface area (Å²) in [4.78, 5) is 0. The maximum Gasteiger partial charge on any atom is 0.223 e. The molecule has 0 atom stereocenters. The minimum atomic E-state index is 0.334. The van der Waals surface area contributed by atoms with Gasteiger partial charge < -0.3 is 9.30 Å². The molecule has 0 bridgehead atoms. The molecule has 0 fully saturated rings. The van der Waals surface area contributed by atoms with E-state index in [4.69, 9.17) is 10.1 Å². The number of ether oxygens (including phenoxy) is 1. The van der Waals surface area contributed by atoms with Crippen LogP contribution in [0.1, 0.15) is 5.56 Å². The van der Waals surface area contributed by atoms with Gasteiger partial charge in [-0.25, -0.2) is 0 Å². The third-order valence-electron chi connectivity index (χ3n) is 3.43. The van der Waals surface area contributed by atoms with Gasteiger partial charge in [-0.2, -0.15) is 9.78 Å². The van der Waals surface area contributed by atoms with Crippen molar-refractivity contribution in [2.24, 2.45) is 12.1 Å². The van der Waals surface area contributed by atoms with Gasteiger partial charge in [0.25, 0.3) is 0 Å². The molecule has 3 aromatic rings. The Hall–Kier alpha value is -2.82. The molecule has 1 N–H and O–H groups in total. The van der Waals surface area contributed by atoms with Crippen LogP contribution in [-0.4, -0.2) is 22.6 Å². The third-order valence-corrected chi connectivity index (χ3v) is 3.43. The Bertz CT molecular complexity index is 856. The Morgan fingerprint density at radius 1 is 1.05 bits per heavy atom. The van der Waals surface area contributed by atoms with E-state index in [1.165, 1.54) is 0 Å². The molecule has 2 aromatic carbocycles. The number of hydrogen-bond donors (Lipinski definition) is 1.